The quantitative estimate of drug-likeness (QED) is 0.830. The Kier molecular flexibility index (Phi) is 4.81. The predicted molar refractivity (Wildman–Crippen MR) is 67.0 cm³/mol. The van der Waals surface area contributed by atoms with Gasteiger partial charge >= 0.3 is 0 Å². The van der Waals surface area contributed by atoms with E-state index < -0.39 is 0 Å². The van der Waals surface area contributed by atoms with Crippen molar-refractivity contribution in [2.75, 3.05) is 13.7 Å². The number of ether oxygens (including phenoxy) is 1. The fraction of sp³-hybridized carbons (Fsp3) is 0.571. The first-order chi connectivity index (χ1) is 7.63. The minimum atomic E-state index is 0.202. The molecule has 1 N–H and O–H groups in total. The summed E-state index contributed by atoms with van der Waals surface area (Å²) in [6.07, 6.45) is 0.952. The van der Waals surface area contributed by atoms with Gasteiger partial charge in [-0.25, -0.2) is 0 Å². The molecule has 0 bridgehead atoms. The molecule has 0 heterocycles. The van der Waals surface area contributed by atoms with Crippen molar-refractivity contribution in [3.8, 4) is 5.75 Å². The Bertz CT molecular complexity index is 332. The zero-order valence-corrected chi connectivity index (χ0v) is 10.7. The number of rotatable bonds is 5. The van der Waals surface area contributed by atoms with Crippen LogP contribution in [-0.4, -0.2) is 18.8 Å². The lowest BCUT2D eigenvalue weighted by Gasteiger charge is -2.20. The van der Waals surface area contributed by atoms with E-state index in [1.165, 1.54) is 11.1 Å². The lowest BCUT2D eigenvalue weighted by molar-refractivity contribution is 0.237. The molecule has 0 saturated carbocycles. The molecule has 0 saturated heterocycles. The highest BCUT2D eigenvalue weighted by Crippen LogP contribution is 2.28. The summed E-state index contributed by atoms with van der Waals surface area (Å²) in [5, 5.41) is 9.41. The van der Waals surface area contributed by atoms with Crippen LogP contribution in [0.5, 0.6) is 5.75 Å². The monoisotopic (exact) mass is 222 g/mol. The Morgan fingerprint density at radius 3 is 2.44 bits per heavy atom. The number of hydrogen-bond donors (Lipinski definition) is 1. The second kappa shape index (κ2) is 5.90. The van der Waals surface area contributed by atoms with E-state index in [1.54, 1.807) is 7.11 Å². The van der Waals surface area contributed by atoms with Gasteiger partial charge in [0.1, 0.15) is 5.75 Å². The number of aliphatic hydroxyl groups excluding tert-OH is 1. The number of benzene rings is 1. The maximum absolute atomic E-state index is 9.41. The molecule has 0 aliphatic carbocycles. The molecule has 16 heavy (non-hydrogen) atoms. The molecule has 0 spiro atoms. The molecule has 90 valence electrons. The lowest BCUT2D eigenvalue weighted by Crippen LogP contribution is -2.11. The highest BCUT2D eigenvalue weighted by Gasteiger charge is 2.16. The molecule has 0 aromatic heterocycles. The summed E-state index contributed by atoms with van der Waals surface area (Å²) in [5.41, 5.74) is 2.41. The molecule has 0 fully saturated rings. The van der Waals surface area contributed by atoms with Gasteiger partial charge in [-0.2, -0.15) is 0 Å². The predicted octanol–water partition coefficient (Wildman–Crippen LogP) is 2.99. The fourth-order valence-corrected chi connectivity index (χ4v) is 2.01. The van der Waals surface area contributed by atoms with Crippen molar-refractivity contribution < 1.29 is 9.84 Å². The van der Waals surface area contributed by atoms with Crippen LogP contribution in [0.15, 0.2) is 18.2 Å². The topological polar surface area (TPSA) is 29.5 Å². The highest BCUT2D eigenvalue weighted by atomic mass is 16.5. The molecule has 1 aromatic rings. The number of aryl methyl sites for hydroxylation is 1. The van der Waals surface area contributed by atoms with Crippen molar-refractivity contribution in [3.63, 3.8) is 0 Å². The van der Waals surface area contributed by atoms with E-state index in [1.807, 2.05) is 6.07 Å². The summed E-state index contributed by atoms with van der Waals surface area (Å²) in [6.45, 7) is 6.59. The van der Waals surface area contributed by atoms with E-state index >= 15 is 0 Å². The van der Waals surface area contributed by atoms with Gasteiger partial charge in [0.2, 0.25) is 0 Å². The van der Waals surface area contributed by atoms with Crippen LogP contribution in [-0.2, 0) is 6.42 Å². The first-order valence-corrected chi connectivity index (χ1v) is 5.91. The second-order valence-corrected chi connectivity index (χ2v) is 4.46. The maximum atomic E-state index is 9.41. The van der Waals surface area contributed by atoms with Gasteiger partial charge in [0.15, 0.2) is 0 Å². The van der Waals surface area contributed by atoms with E-state index in [2.05, 4.69) is 32.9 Å². The zero-order valence-electron chi connectivity index (χ0n) is 10.7. The van der Waals surface area contributed by atoms with Gasteiger partial charge in [0.25, 0.3) is 0 Å². The molecule has 0 aliphatic heterocycles. The lowest BCUT2D eigenvalue weighted by atomic mass is 9.88. The molecular weight excluding hydrogens is 200 g/mol. The SMILES string of the molecule is CCc1cc(C(CO)C(C)C)ccc1OC. The summed E-state index contributed by atoms with van der Waals surface area (Å²) in [6, 6.07) is 6.21. The fourth-order valence-electron chi connectivity index (χ4n) is 2.01. The first kappa shape index (κ1) is 13.0. The summed E-state index contributed by atoms with van der Waals surface area (Å²) in [7, 11) is 1.69. The third-order valence-corrected chi connectivity index (χ3v) is 3.11. The summed E-state index contributed by atoms with van der Waals surface area (Å²) >= 11 is 0. The van der Waals surface area contributed by atoms with Gasteiger partial charge in [-0.1, -0.05) is 32.9 Å². The standard InChI is InChI=1S/C14H22O2/c1-5-11-8-12(6-7-14(11)16-4)13(9-15)10(2)3/h6-8,10,13,15H,5,9H2,1-4H3. The third-order valence-electron chi connectivity index (χ3n) is 3.11. The number of aliphatic hydroxyl groups is 1. The summed E-state index contributed by atoms with van der Waals surface area (Å²) < 4.78 is 5.30. The molecule has 2 nitrogen and oxygen atoms in total. The van der Waals surface area contributed by atoms with Crippen LogP contribution in [0.3, 0.4) is 0 Å². The Balaban J connectivity index is 3.06. The summed E-state index contributed by atoms with van der Waals surface area (Å²) in [4.78, 5) is 0. The molecule has 0 aliphatic rings. The normalized spacial score (nSPS) is 12.9. The van der Waals surface area contributed by atoms with Crippen LogP contribution in [0, 0.1) is 5.92 Å². The van der Waals surface area contributed by atoms with E-state index in [0.29, 0.717) is 5.92 Å². The molecular formula is C14H22O2. The van der Waals surface area contributed by atoms with E-state index in [-0.39, 0.29) is 12.5 Å². The summed E-state index contributed by atoms with van der Waals surface area (Å²) in [5.74, 6) is 1.60. The Labute approximate surface area is 98.3 Å². The molecule has 2 heteroatoms. The van der Waals surface area contributed by atoms with Gasteiger partial charge < -0.3 is 9.84 Å². The average Bonchev–Trinajstić information content (AvgIpc) is 2.29. The third kappa shape index (κ3) is 2.76. The average molecular weight is 222 g/mol. The number of methoxy groups -OCH3 is 1. The van der Waals surface area contributed by atoms with Crippen molar-refractivity contribution in [2.45, 2.75) is 33.1 Å². The largest absolute Gasteiger partial charge is 0.496 e. The van der Waals surface area contributed by atoms with E-state index in [4.69, 9.17) is 4.74 Å². The van der Waals surface area contributed by atoms with Crippen molar-refractivity contribution >= 4 is 0 Å². The Morgan fingerprint density at radius 2 is 2.00 bits per heavy atom. The van der Waals surface area contributed by atoms with Crippen LogP contribution in [0.1, 0.15) is 37.8 Å². The van der Waals surface area contributed by atoms with Crippen LogP contribution in [0.2, 0.25) is 0 Å². The number of hydrogen-bond acceptors (Lipinski definition) is 2. The van der Waals surface area contributed by atoms with Gasteiger partial charge in [0.05, 0.1) is 13.7 Å². The molecule has 1 atom stereocenters. The second-order valence-electron chi connectivity index (χ2n) is 4.46. The van der Waals surface area contributed by atoms with E-state index in [0.717, 1.165) is 12.2 Å². The van der Waals surface area contributed by atoms with Crippen LogP contribution < -0.4 is 4.74 Å². The van der Waals surface area contributed by atoms with Crippen LogP contribution >= 0.6 is 0 Å². The molecule has 1 aromatic carbocycles. The Morgan fingerprint density at radius 1 is 1.31 bits per heavy atom. The molecule has 1 unspecified atom stereocenters. The maximum Gasteiger partial charge on any atom is 0.122 e. The van der Waals surface area contributed by atoms with Crippen molar-refractivity contribution in [1.82, 2.24) is 0 Å². The zero-order chi connectivity index (χ0) is 12.1. The van der Waals surface area contributed by atoms with Gasteiger partial charge in [-0.3, -0.25) is 0 Å². The first-order valence-electron chi connectivity index (χ1n) is 5.91. The van der Waals surface area contributed by atoms with Gasteiger partial charge in [0, 0.05) is 5.92 Å². The smallest absolute Gasteiger partial charge is 0.122 e. The minimum absolute atomic E-state index is 0.202. The Hall–Kier alpha value is -1.02. The van der Waals surface area contributed by atoms with Crippen molar-refractivity contribution in [3.05, 3.63) is 29.3 Å². The van der Waals surface area contributed by atoms with Gasteiger partial charge in [-0.05, 0) is 29.5 Å². The highest BCUT2D eigenvalue weighted by molar-refractivity contribution is 5.38. The van der Waals surface area contributed by atoms with Crippen LogP contribution in [0.4, 0.5) is 0 Å². The van der Waals surface area contributed by atoms with Gasteiger partial charge in [-0.15, -0.1) is 0 Å². The molecule has 1 rings (SSSR count). The van der Waals surface area contributed by atoms with Crippen LogP contribution in [0.25, 0.3) is 0 Å². The molecule has 0 radical (unpaired) electrons. The van der Waals surface area contributed by atoms with E-state index in [9.17, 15) is 5.11 Å². The minimum Gasteiger partial charge on any atom is -0.496 e. The van der Waals surface area contributed by atoms with Crippen molar-refractivity contribution in [2.24, 2.45) is 5.92 Å². The molecule has 0 amide bonds. The van der Waals surface area contributed by atoms with Crippen molar-refractivity contribution in [1.29, 1.82) is 0 Å².